The SMILES string of the molecule is CCCOc1cccc([C@@H]2C(=C(O)c3ccc(Br)cc3)C(=O)C(=O)N2CCCN(C)C)c1. The number of nitrogens with zero attached hydrogens (tertiary/aromatic N) is 2. The Bertz CT molecular complexity index is 1000. The number of halogens is 1. The number of carbonyl (C=O) groups is 2. The zero-order valence-corrected chi connectivity index (χ0v) is 20.3. The Hall–Kier alpha value is -2.64. The molecule has 3 rings (SSSR count). The number of aliphatic hydroxyl groups excluding tert-OH is 1. The lowest BCUT2D eigenvalue weighted by Gasteiger charge is -2.26. The summed E-state index contributed by atoms with van der Waals surface area (Å²) in [5, 5.41) is 11.1. The van der Waals surface area contributed by atoms with E-state index in [1.54, 1.807) is 29.2 Å². The zero-order chi connectivity index (χ0) is 23.3. The van der Waals surface area contributed by atoms with Gasteiger partial charge in [0, 0.05) is 16.6 Å². The second-order valence-electron chi connectivity index (χ2n) is 8.08. The van der Waals surface area contributed by atoms with Crippen LogP contribution in [0.2, 0.25) is 0 Å². The number of carbonyl (C=O) groups excluding carboxylic acids is 2. The molecule has 170 valence electrons. The number of aliphatic hydroxyl groups is 1. The van der Waals surface area contributed by atoms with Crippen molar-refractivity contribution in [3.05, 3.63) is 69.7 Å². The molecule has 0 spiro atoms. The number of hydrogen-bond acceptors (Lipinski definition) is 5. The molecular formula is C25H29BrN2O4. The largest absolute Gasteiger partial charge is 0.507 e. The average Bonchev–Trinajstić information content (AvgIpc) is 3.02. The predicted molar refractivity (Wildman–Crippen MR) is 129 cm³/mol. The van der Waals surface area contributed by atoms with Gasteiger partial charge in [-0.15, -0.1) is 0 Å². The van der Waals surface area contributed by atoms with Crippen LogP contribution in [-0.4, -0.2) is 60.4 Å². The van der Waals surface area contributed by atoms with Crippen molar-refractivity contribution in [1.82, 2.24) is 9.80 Å². The van der Waals surface area contributed by atoms with Crippen LogP contribution >= 0.6 is 15.9 Å². The van der Waals surface area contributed by atoms with Crippen molar-refractivity contribution in [2.75, 3.05) is 33.8 Å². The van der Waals surface area contributed by atoms with Gasteiger partial charge in [0.2, 0.25) is 0 Å². The van der Waals surface area contributed by atoms with Crippen molar-refractivity contribution < 1.29 is 19.4 Å². The number of benzene rings is 2. The molecule has 1 aliphatic rings. The first kappa shape index (κ1) is 24.0. The number of ketones is 1. The van der Waals surface area contributed by atoms with E-state index in [1.165, 1.54) is 0 Å². The molecule has 1 aliphatic heterocycles. The smallest absolute Gasteiger partial charge is 0.295 e. The van der Waals surface area contributed by atoms with Gasteiger partial charge in [0.15, 0.2) is 0 Å². The lowest BCUT2D eigenvalue weighted by atomic mass is 9.95. The second kappa shape index (κ2) is 10.8. The van der Waals surface area contributed by atoms with Gasteiger partial charge < -0.3 is 19.6 Å². The standard InChI is InChI=1S/C25H29BrN2O4/c1-4-15-32-20-8-5-7-18(16-20)22-21(23(29)17-9-11-19(26)12-10-17)24(30)25(31)28(22)14-6-13-27(2)3/h5,7-12,16,22,29H,4,6,13-15H2,1-3H3/t22-/m1/s1. The highest BCUT2D eigenvalue weighted by Gasteiger charge is 2.45. The minimum absolute atomic E-state index is 0.106. The Kier molecular flexibility index (Phi) is 8.10. The minimum atomic E-state index is -0.675. The number of likely N-dealkylation sites (tertiary alicyclic amines) is 1. The first-order valence-corrected chi connectivity index (χ1v) is 11.5. The van der Waals surface area contributed by atoms with Crippen LogP contribution < -0.4 is 4.74 Å². The van der Waals surface area contributed by atoms with Crippen LogP contribution in [0.25, 0.3) is 5.76 Å². The van der Waals surface area contributed by atoms with Crippen LogP contribution in [0.5, 0.6) is 5.75 Å². The van der Waals surface area contributed by atoms with Crippen molar-refractivity contribution >= 4 is 33.4 Å². The highest BCUT2D eigenvalue weighted by Crippen LogP contribution is 2.40. The molecule has 6 nitrogen and oxygen atoms in total. The Morgan fingerprint density at radius 2 is 1.88 bits per heavy atom. The lowest BCUT2D eigenvalue weighted by Crippen LogP contribution is -2.32. The second-order valence-corrected chi connectivity index (χ2v) is 8.99. The number of rotatable bonds is 9. The fourth-order valence-corrected chi connectivity index (χ4v) is 4.04. The summed E-state index contributed by atoms with van der Waals surface area (Å²) in [6, 6.07) is 13.8. The van der Waals surface area contributed by atoms with Crippen molar-refractivity contribution in [3.63, 3.8) is 0 Å². The summed E-state index contributed by atoms with van der Waals surface area (Å²) < 4.78 is 6.63. The van der Waals surface area contributed by atoms with Crippen LogP contribution in [0, 0.1) is 0 Å². The van der Waals surface area contributed by atoms with E-state index in [-0.39, 0.29) is 11.3 Å². The molecule has 1 heterocycles. The highest BCUT2D eigenvalue weighted by atomic mass is 79.9. The lowest BCUT2D eigenvalue weighted by molar-refractivity contribution is -0.139. The van der Waals surface area contributed by atoms with Crippen LogP contribution in [0.15, 0.2) is 58.6 Å². The van der Waals surface area contributed by atoms with Gasteiger partial charge in [-0.1, -0.05) is 47.1 Å². The van der Waals surface area contributed by atoms with Crippen molar-refractivity contribution in [2.45, 2.75) is 25.8 Å². The average molecular weight is 501 g/mol. The van der Waals surface area contributed by atoms with E-state index in [0.29, 0.717) is 30.9 Å². The number of hydrogen-bond donors (Lipinski definition) is 1. The third kappa shape index (κ3) is 5.40. The topological polar surface area (TPSA) is 70.1 Å². The summed E-state index contributed by atoms with van der Waals surface area (Å²) >= 11 is 3.38. The molecule has 2 aromatic carbocycles. The van der Waals surface area contributed by atoms with E-state index in [4.69, 9.17) is 4.74 Å². The van der Waals surface area contributed by atoms with Crippen molar-refractivity contribution in [3.8, 4) is 5.75 Å². The molecule has 1 amide bonds. The third-order valence-electron chi connectivity index (χ3n) is 5.31. The molecule has 2 aromatic rings. The van der Waals surface area contributed by atoms with Gasteiger partial charge in [0.25, 0.3) is 11.7 Å². The molecule has 32 heavy (non-hydrogen) atoms. The first-order valence-electron chi connectivity index (χ1n) is 10.7. The summed E-state index contributed by atoms with van der Waals surface area (Å²) in [7, 11) is 3.93. The van der Waals surface area contributed by atoms with Crippen molar-refractivity contribution in [2.24, 2.45) is 0 Å². The molecule has 0 radical (unpaired) electrons. The normalized spacial score (nSPS) is 17.9. The number of Topliss-reactive ketones (excluding diaryl/α,β-unsaturated/α-hetero) is 1. The molecule has 1 fully saturated rings. The molecule has 1 atom stereocenters. The Balaban J connectivity index is 2.07. The summed E-state index contributed by atoms with van der Waals surface area (Å²) in [6.07, 6.45) is 1.58. The quantitative estimate of drug-likeness (QED) is 0.309. The maximum Gasteiger partial charge on any atom is 0.295 e. The molecule has 0 aliphatic carbocycles. The fourth-order valence-electron chi connectivity index (χ4n) is 3.77. The van der Waals surface area contributed by atoms with E-state index in [2.05, 4.69) is 15.9 Å². The van der Waals surface area contributed by atoms with Gasteiger partial charge in [-0.05, 0) is 63.3 Å². The third-order valence-corrected chi connectivity index (χ3v) is 5.84. The molecule has 0 saturated carbocycles. The van der Waals surface area contributed by atoms with E-state index in [1.807, 2.05) is 50.2 Å². The first-order chi connectivity index (χ1) is 15.3. The fraction of sp³-hybridized carbons (Fsp3) is 0.360. The Morgan fingerprint density at radius 3 is 2.53 bits per heavy atom. The van der Waals surface area contributed by atoms with Crippen LogP contribution in [-0.2, 0) is 9.59 Å². The highest BCUT2D eigenvalue weighted by molar-refractivity contribution is 9.10. The van der Waals surface area contributed by atoms with Gasteiger partial charge in [-0.3, -0.25) is 9.59 Å². The summed E-state index contributed by atoms with van der Waals surface area (Å²) in [6.45, 7) is 3.79. The van der Waals surface area contributed by atoms with Gasteiger partial charge in [-0.25, -0.2) is 0 Å². The van der Waals surface area contributed by atoms with Crippen LogP contribution in [0.1, 0.15) is 36.9 Å². The molecule has 7 heteroatoms. The molecule has 0 unspecified atom stereocenters. The maximum absolute atomic E-state index is 13.1. The van der Waals surface area contributed by atoms with Gasteiger partial charge >= 0.3 is 0 Å². The zero-order valence-electron chi connectivity index (χ0n) is 18.7. The molecule has 0 aromatic heterocycles. The predicted octanol–water partition coefficient (Wildman–Crippen LogP) is 4.61. The minimum Gasteiger partial charge on any atom is -0.507 e. The Morgan fingerprint density at radius 1 is 1.16 bits per heavy atom. The summed E-state index contributed by atoms with van der Waals surface area (Å²) in [4.78, 5) is 29.7. The molecule has 1 saturated heterocycles. The maximum atomic E-state index is 13.1. The van der Waals surface area contributed by atoms with Crippen LogP contribution in [0.4, 0.5) is 0 Å². The van der Waals surface area contributed by atoms with E-state index < -0.39 is 17.7 Å². The van der Waals surface area contributed by atoms with E-state index >= 15 is 0 Å². The molecular weight excluding hydrogens is 472 g/mol. The number of ether oxygens (including phenoxy) is 1. The molecule has 0 bridgehead atoms. The summed E-state index contributed by atoms with van der Waals surface area (Å²) in [5.41, 5.74) is 1.33. The van der Waals surface area contributed by atoms with Crippen LogP contribution in [0.3, 0.4) is 0 Å². The number of amides is 1. The van der Waals surface area contributed by atoms with Gasteiger partial charge in [0.1, 0.15) is 11.5 Å². The monoisotopic (exact) mass is 500 g/mol. The Labute approximate surface area is 197 Å². The van der Waals surface area contributed by atoms with Gasteiger partial charge in [0.05, 0.1) is 18.2 Å². The van der Waals surface area contributed by atoms with Crippen molar-refractivity contribution in [1.29, 1.82) is 0 Å². The van der Waals surface area contributed by atoms with E-state index in [0.717, 1.165) is 23.0 Å². The molecule has 1 N–H and O–H groups in total. The summed E-state index contributed by atoms with van der Waals surface area (Å²) in [5.74, 6) is -0.754. The van der Waals surface area contributed by atoms with Gasteiger partial charge in [-0.2, -0.15) is 0 Å². The van der Waals surface area contributed by atoms with E-state index in [9.17, 15) is 14.7 Å².